The zero-order chi connectivity index (χ0) is 19.4. The van der Waals surface area contributed by atoms with Crippen molar-refractivity contribution in [3.05, 3.63) is 68.7 Å². The Morgan fingerprint density at radius 1 is 1.19 bits per heavy atom. The second kappa shape index (κ2) is 7.96. The van der Waals surface area contributed by atoms with Gasteiger partial charge in [0.2, 0.25) is 5.91 Å². The van der Waals surface area contributed by atoms with Crippen LogP contribution in [-0.4, -0.2) is 23.0 Å². The molecule has 0 heterocycles. The molecule has 8 nitrogen and oxygen atoms in total. The van der Waals surface area contributed by atoms with Gasteiger partial charge >= 0.3 is 0 Å². The lowest BCUT2D eigenvalue weighted by Gasteiger charge is -2.05. The number of hydrogen-bond acceptors (Lipinski definition) is 5. The number of nitrogens with zero attached hydrogens (tertiary/aromatic N) is 2. The molecule has 0 unspecified atom stereocenters. The summed E-state index contributed by atoms with van der Waals surface area (Å²) >= 11 is 5.74. The summed E-state index contributed by atoms with van der Waals surface area (Å²) in [7, 11) is 0. The molecule has 0 spiro atoms. The van der Waals surface area contributed by atoms with Crippen LogP contribution in [0.15, 0.2) is 47.6 Å². The van der Waals surface area contributed by atoms with Crippen molar-refractivity contribution in [3.8, 4) is 0 Å². The Kier molecular flexibility index (Phi) is 5.46. The van der Waals surface area contributed by atoms with Gasteiger partial charge in [0.1, 0.15) is 5.02 Å². The zero-order valence-electron chi connectivity index (χ0n) is 14.0. The van der Waals surface area contributed by atoms with Gasteiger partial charge in [-0.05, 0) is 43.2 Å². The van der Waals surface area contributed by atoms with E-state index in [0.29, 0.717) is 16.8 Å². The molecule has 0 aromatic heterocycles. The molecule has 1 fully saturated rings. The van der Waals surface area contributed by atoms with Gasteiger partial charge in [-0.15, -0.1) is 0 Å². The number of nitro groups is 1. The van der Waals surface area contributed by atoms with E-state index in [2.05, 4.69) is 15.8 Å². The summed E-state index contributed by atoms with van der Waals surface area (Å²) in [5.74, 6) is -0.352. The van der Waals surface area contributed by atoms with Crippen LogP contribution in [0.1, 0.15) is 28.8 Å². The first-order chi connectivity index (χ1) is 12.9. The van der Waals surface area contributed by atoms with Gasteiger partial charge in [-0.1, -0.05) is 17.7 Å². The summed E-state index contributed by atoms with van der Waals surface area (Å²) in [5, 5.41) is 17.5. The zero-order valence-corrected chi connectivity index (χ0v) is 14.8. The Labute approximate surface area is 159 Å². The largest absolute Gasteiger partial charge is 0.326 e. The van der Waals surface area contributed by atoms with E-state index in [-0.39, 0.29) is 22.5 Å². The van der Waals surface area contributed by atoms with Gasteiger partial charge in [-0.3, -0.25) is 19.7 Å². The molecule has 2 aromatic carbocycles. The maximum Gasteiger partial charge on any atom is 0.288 e. The van der Waals surface area contributed by atoms with Gasteiger partial charge in [0, 0.05) is 28.8 Å². The lowest BCUT2D eigenvalue weighted by atomic mass is 10.2. The number of halogens is 1. The van der Waals surface area contributed by atoms with Crippen LogP contribution in [-0.2, 0) is 4.79 Å². The molecule has 2 amide bonds. The summed E-state index contributed by atoms with van der Waals surface area (Å²) in [6, 6.07) is 10.6. The minimum absolute atomic E-state index is 0.00569. The topological polar surface area (TPSA) is 114 Å². The second-order valence-electron chi connectivity index (χ2n) is 6.01. The highest BCUT2D eigenvalue weighted by Gasteiger charge is 2.29. The van der Waals surface area contributed by atoms with E-state index >= 15 is 0 Å². The third kappa shape index (κ3) is 4.89. The average Bonchev–Trinajstić information content (AvgIpc) is 3.48. The van der Waals surface area contributed by atoms with Crippen LogP contribution in [0, 0.1) is 16.0 Å². The highest BCUT2D eigenvalue weighted by molar-refractivity contribution is 6.32. The van der Waals surface area contributed by atoms with Crippen molar-refractivity contribution in [2.24, 2.45) is 11.0 Å². The molecule has 1 aliphatic rings. The molecule has 0 bridgehead atoms. The van der Waals surface area contributed by atoms with Crippen LogP contribution in [0.25, 0.3) is 0 Å². The lowest BCUT2D eigenvalue weighted by molar-refractivity contribution is -0.384. The first-order valence-corrected chi connectivity index (χ1v) is 8.50. The molecule has 0 radical (unpaired) electrons. The number of carbonyl (C=O) groups is 2. The van der Waals surface area contributed by atoms with Gasteiger partial charge in [0.15, 0.2) is 0 Å². The number of nitro benzene ring substituents is 1. The third-order valence-corrected chi connectivity index (χ3v) is 4.23. The van der Waals surface area contributed by atoms with Crippen molar-refractivity contribution in [3.63, 3.8) is 0 Å². The van der Waals surface area contributed by atoms with Crippen LogP contribution in [0.5, 0.6) is 0 Å². The predicted molar refractivity (Wildman–Crippen MR) is 101 cm³/mol. The lowest BCUT2D eigenvalue weighted by Crippen LogP contribution is -2.18. The van der Waals surface area contributed by atoms with E-state index < -0.39 is 10.8 Å². The molecule has 3 rings (SSSR count). The van der Waals surface area contributed by atoms with Crippen molar-refractivity contribution < 1.29 is 14.5 Å². The van der Waals surface area contributed by atoms with Crippen molar-refractivity contribution in [1.29, 1.82) is 0 Å². The van der Waals surface area contributed by atoms with E-state index in [1.807, 2.05) is 0 Å². The molecule has 0 aliphatic heterocycles. The average molecular weight is 387 g/mol. The van der Waals surface area contributed by atoms with Crippen LogP contribution >= 0.6 is 11.6 Å². The SMILES string of the molecule is O=C(NN=Cc1ccc(Cl)c([N+](=O)[O-])c1)c1ccc(NC(=O)C2CC2)cc1. The predicted octanol–water partition coefficient (Wildman–Crippen LogP) is 3.36. The van der Waals surface area contributed by atoms with E-state index in [1.165, 1.54) is 18.3 Å². The molecule has 0 atom stereocenters. The second-order valence-corrected chi connectivity index (χ2v) is 6.42. The molecule has 138 valence electrons. The Balaban J connectivity index is 1.58. The van der Waals surface area contributed by atoms with Gasteiger partial charge in [0.05, 0.1) is 11.1 Å². The minimum Gasteiger partial charge on any atom is -0.326 e. The van der Waals surface area contributed by atoms with Crippen molar-refractivity contribution >= 4 is 41.0 Å². The molecule has 1 saturated carbocycles. The number of hydrazone groups is 1. The van der Waals surface area contributed by atoms with Crippen molar-refractivity contribution in [1.82, 2.24) is 5.43 Å². The van der Waals surface area contributed by atoms with Crippen LogP contribution in [0.2, 0.25) is 5.02 Å². The van der Waals surface area contributed by atoms with E-state index in [1.54, 1.807) is 30.3 Å². The van der Waals surface area contributed by atoms with Gasteiger partial charge < -0.3 is 5.32 Å². The molecule has 1 aliphatic carbocycles. The van der Waals surface area contributed by atoms with E-state index in [9.17, 15) is 19.7 Å². The number of nitrogens with one attached hydrogen (secondary N) is 2. The highest BCUT2D eigenvalue weighted by Crippen LogP contribution is 2.30. The number of amides is 2. The maximum atomic E-state index is 12.1. The fourth-order valence-electron chi connectivity index (χ4n) is 2.27. The number of hydrogen-bond donors (Lipinski definition) is 2. The van der Waals surface area contributed by atoms with Crippen molar-refractivity contribution in [2.45, 2.75) is 12.8 Å². The van der Waals surface area contributed by atoms with Gasteiger partial charge in [-0.2, -0.15) is 5.10 Å². The van der Waals surface area contributed by atoms with Gasteiger partial charge in [-0.25, -0.2) is 5.43 Å². The normalized spacial score (nSPS) is 13.4. The highest BCUT2D eigenvalue weighted by atomic mass is 35.5. The number of carbonyl (C=O) groups excluding carboxylic acids is 2. The van der Waals surface area contributed by atoms with Gasteiger partial charge in [0.25, 0.3) is 11.6 Å². The minimum atomic E-state index is -0.595. The smallest absolute Gasteiger partial charge is 0.288 e. The standard InChI is InChI=1S/C18H15ClN4O4/c19-15-8-1-11(9-16(15)23(26)27)10-20-22-18(25)13-4-6-14(7-5-13)21-17(24)12-2-3-12/h1,4-10,12H,2-3H2,(H,21,24)(H,22,25). The van der Waals surface area contributed by atoms with E-state index in [0.717, 1.165) is 12.8 Å². The molecular weight excluding hydrogens is 372 g/mol. The Hall–Kier alpha value is -3.26. The maximum absolute atomic E-state index is 12.1. The number of rotatable bonds is 6. The molecule has 27 heavy (non-hydrogen) atoms. The third-order valence-electron chi connectivity index (χ3n) is 3.91. The number of anilines is 1. The fourth-order valence-corrected chi connectivity index (χ4v) is 2.46. The first-order valence-electron chi connectivity index (χ1n) is 8.12. The van der Waals surface area contributed by atoms with Crippen LogP contribution < -0.4 is 10.7 Å². The molecule has 9 heteroatoms. The van der Waals surface area contributed by atoms with Crippen LogP contribution in [0.3, 0.4) is 0 Å². The summed E-state index contributed by atoms with van der Waals surface area (Å²) in [5.41, 5.74) is 3.51. The first kappa shape index (κ1) is 18.5. The fraction of sp³-hybridized carbons (Fsp3) is 0.167. The summed E-state index contributed by atoms with van der Waals surface area (Å²) < 4.78 is 0. The Morgan fingerprint density at radius 2 is 1.89 bits per heavy atom. The van der Waals surface area contributed by atoms with E-state index in [4.69, 9.17) is 11.6 Å². The Bertz CT molecular complexity index is 923. The molecule has 0 saturated heterocycles. The van der Waals surface area contributed by atoms with Crippen molar-refractivity contribution in [2.75, 3.05) is 5.32 Å². The molecule has 2 aromatic rings. The summed E-state index contributed by atoms with van der Waals surface area (Å²) in [6.07, 6.45) is 3.12. The summed E-state index contributed by atoms with van der Waals surface area (Å²) in [4.78, 5) is 34.0. The summed E-state index contributed by atoms with van der Waals surface area (Å²) in [6.45, 7) is 0. The monoisotopic (exact) mass is 386 g/mol. The van der Waals surface area contributed by atoms with Crippen LogP contribution in [0.4, 0.5) is 11.4 Å². The number of benzene rings is 2. The quantitative estimate of drug-likeness (QED) is 0.450. The molecule has 2 N–H and O–H groups in total. The molecular formula is C18H15ClN4O4. The Morgan fingerprint density at radius 3 is 2.52 bits per heavy atom.